The summed E-state index contributed by atoms with van der Waals surface area (Å²) in [4.78, 5) is 46.8. The normalized spacial score (nSPS) is 11.1. The largest absolute Gasteiger partial charge is 0.383 e. The van der Waals surface area contributed by atoms with Crippen LogP contribution in [0.5, 0.6) is 0 Å². The highest BCUT2D eigenvalue weighted by atomic mass is 32.2. The number of amides is 1. The summed E-state index contributed by atoms with van der Waals surface area (Å²) in [5.74, 6) is -0.432. The molecule has 0 radical (unpaired) electrons. The van der Waals surface area contributed by atoms with Gasteiger partial charge in [0.15, 0.2) is 10.8 Å². The summed E-state index contributed by atoms with van der Waals surface area (Å²) in [6.45, 7) is 0.421. The van der Waals surface area contributed by atoms with Crippen molar-refractivity contribution in [3.63, 3.8) is 0 Å². The molecular weight excluding hydrogens is 468 g/mol. The topological polar surface area (TPSA) is 128 Å². The molecule has 0 bridgehead atoms. The fraction of sp³-hybridized carbons (Fsp3) is 0.250. The number of rotatable bonds is 9. The number of carbonyl (C=O) groups is 1. The third kappa shape index (κ3) is 5.15. The fourth-order valence-corrected chi connectivity index (χ4v) is 4.62. The highest BCUT2D eigenvalue weighted by Crippen LogP contribution is 2.24. The maximum absolute atomic E-state index is 13.3. The Bertz CT molecular complexity index is 1460. The Morgan fingerprint density at radius 2 is 1.86 bits per heavy atom. The van der Waals surface area contributed by atoms with E-state index in [4.69, 9.17) is 10.5 Å². The number of aryl methyl sites for hydroxylation is 1. The van der Waals surface area contributed by atoms with Crippen LogP contribution in [0.25, 0.3) is 11.0 Å². The number of hydrogen-bond donors (Lipinski definition) is 2. The number of hydrogen-bond acceptors (Lipinski definition) is 7. The molecule has 0 saturated heterocycles. The number of thioether (sulfide) groups is 1. The quantitative estimate of drug-likeness (QED) is 0.340. The molecule has 2 heterocycles. The van der Waals surface area contributed by atoms with E-state index in [0.717, 1.165) is 16.6 Å². The van der Waals surface area contributed by atoms with Gasteiger partial charge < -0.3 is 19.9 Å². The van der Waals surface area contributed by atoms with Gasteiger partial charge in [-0.2, -0.15) is 0 Å². The molecule has 0 aliphatic carbocycles. The molecule has 35 heavy (non-hydrogen) atoms. The summed E-state index contributed by atoms with van der Waals surface area (Å²) in [6, 6.07) is 16.9. The standard InChI is InChI=1S/C24H26N6O4S/c1-28-18-11-7-6-10-17(18)26-24(28)35-15-19(31)29(12-13-34-2)20-21(25)30(23(33)27-22(20)32)14-16-8-4-3-5-9-16/h3-11H,12-15,25H2,1-2H3,(H,27,32,33). The van der Waals surface area contributed by atoms with Gasteiger partial charge in [-0.15, -0.1) is 0 Å². The average molecular weight is 495 g/mol. The first-order valence-corrected chi connectivity index (χ1v) is 11.9. The Hall–Kier alpha value is -3.83. The lowest BCUT2D eigenvalue weighted by atomic mass is 10.2. The van der Waals surface area contributed by atoms with Gasteiger partial charge in [-0.25, -0.2) is 9.78 Å². The van der Waals surface area contributed by atoms with Gasteiger partial charge in [-0.05, 0) is 17.7 Å². The number of nitrogens with two attached hydrogens (primary N) is 1. The lowest BCUT2D eigenvalue weighted by molar-refractivity contribution is -0.116. The van der Waals surface area contributed by atoms with Crippen molar-refractivity contribution in [3.8, 4) is 0 Å². The van der Waals surface area contributed by atoms with Gasteiger partial charge in [-0.3, -0.25) is 19.1 Å². The van der Waals surface area contributed by atoms with Crippen LogP contribution in [0.4, 0.5) is 11.5 Å². The van der Waals surface area contributed by atoms with Gasteiger partial charge in [0, 0.05) is 20.7 Å². The molecule has 1 amide bonds. The molecule has 182 valence electrons. The van der Waals surface area contributed by atoms with Gasteiger partial charge in [0.1, 0.15) is 5.82 Å². The first kappa shape index (κ1) is 24.3. The van der Waals surface area contributed by atoms with E-state index < -0.39 is 11.2 Å². The van der Waals surface area contributed by atoms with Crippen LogP contribution in [0.2, 0.25) is 0 Å². The SMILES string of the molecule is COCCN(C(=O)CSc1nc2ccccc2n1C)c1c(N)n(Cc2ccccc2)c(=O)[nH]c1=O. The van der Waals surface area contributed by atoms with Crippen LogP contribution in [0.15, 0.2) is 69.3 Å². The maximum atomic E-state index is 13.3. The van der Waals surface area contributed by atoms with Crippen molar-refractivity contribution in [2.24, 2.45) is 7.05 Å². The zero-order valence-corrected chi connectivity index (χ0v) is 20.2. The number of imidazole rings is 1. The fourth-order valence-electron chi connectivity index (χ4n) is 3.76. The van der Waals surface area contributed by atoms with Gasteiger partial charge in [-0.1, -0.05) is 54.2 Å². The van der Waals surface area contributed by atoms with Crippen LogP contribution in [0.3, 0.4) is 0 Å². The number of nitrogens with one attached hydrogen (secondary N) is 1. The van der Waals surface area contributed by atoms with Crippen molar-refractivity contribution in [1.29, 1.82) is 0 Å². The van der Waals surface area contributed by atoms with Gasteiger partial charge in [0.2, 0.25) is 5.91 Å². The molecule has 0 spiro atoms. The highest BCUT2D eigenvalue weighted by molar-refractivity contribution is 7.99. The van der Waals surface area contributed by atoms with Gasteiger partial charge >= 0.3 is 5.69 Å². The monoisotopic (exact) mass is 494 g/mol. The molecule has 0 fully saturated rings. The molecule has 10 nitrogen and oxygen atoms in total. The summed E-state index contributed by atoms with van der Waals surface area (Å²) in [5, 5.41) is 0.669. The second-order valence-electron chi connectivity index (χ2n) is 7.83. The molecule has 0 saturated carbocycles. The summed E-state index contributed by atoms with van der Waals surface area (Å²) in [5.41, 5.74) is 7.47. The molecular formula is C24H26N6O4S. The first-order valence-electron chi connectivity index (χ1n) is 10.9. The Morgan fingerprint density at radius 1 is 1.14 bits per heavy atom. The Labute approximate surface area is 205 Å². The summed E-state index contributed by atoms with van der Waals surface area (Å²) in [7, 11) is 3.38. The number of aromatic nitrogens is 4. The van der Waals surface area contributed by atoms with E-state index in [9.17, 15) is 14.4 Å². The maximum Gasteiger partial charge on any atom is 0.330 e. The van der Waals surface area contributed by atoms with E-state index in [0.29, 0.717) is 5.16 Å². The minimum atomic E-state index is -0.728. The summed E-state index contributed by atoms with van der Waals surface area (Å²) in [6.07, 6.45) is 0. The lowest BCUT2D eigenvalue weighted by Crippen LogP contribution is -2.43. The van der Waals surface area contributed by atoms with Crippen molar-refractivity contribution in [2.45, 2.75) is 11.7 Å². The number of fused-ring (bicyclic) bond motifs is 1. The molecule has 2 aromatic heterocycles. The van der Waals surface area contributed by atoms with E-state index in [2.05, 4.69) is 9.97 Å². The highest BCUT2D eigenvalue weighted by Gasteiger charge is 2.25. The van der Waals surface area contributed by atoms with Crippen molar-refractivity contribution in [3.05, 3.63) is 81.0 Å². The number of benzene rings is 2. The predicted molar refractivity (Wildman–Crippen MR) is 137 cm³/mol. The third-order valence-corrected chi connectivity index (χ3v) is 6.57. The molecule has 2 aromatic carbocycles. The van der Waals surface area contributed by atoms with Crippen LogP contribution in [-0.4, -0.2) is 51.0 Å². The molecule has 4 aromatic rings. The number of nitrogen functional groups attached to an aromatic ring is 1. The molecule has 0 unspecified atom stereocenters. The van der Waals surface area contributed by atoms with Crippen molar-refractivity contribution in [1.82, 2.24) is 19.1 Å². The Kier molecular flexibility index (Phi) is 7.37. The zero-order valence-electron chi connectivity index (χ0n) is 19.4. The number of aromatic amines is 1. The van der Waals surface area contributed by atoms with E-state index in [1.54, 1.807) is 0 Å². The van der Waals surface area contributed by atoms with Gasteiger partial charge in [0.05, 0.1) is 29.9 Å². The summed E-state index contributed by atoms with van der Waals surface area (Å²) < 4.78 is 8.31. The Balaban J connectivity index is 1.64. The number of para-hydroxylation sites is 2. The zero-order chi connectivity index (χ0) is 24.9. The van der Waals surface area contributed by atoms with Gasteiger partial charge in [0.25, 0.3) is 5.56 Å². The summed E-state index contributed by atoms with van der Waals surface area (Å²) >= 11 is 1.26. The first-order chi connectivity index (χ1) is 16.9. The average Bonchev–Trinajstić information content (AvgIpc) is 3.18. The second-order valence-corrected chi connectivity index (χ2v) is 8.78. The molecule has 0 atom stereocenters. The number of ether oxygens (including phenoxy) is 1. The van der Waals surface area contributed by atoms with Crippen LogP contribution in [0, 0.1) is 0 Å². The van der Waals surface area contributed by atoms with Crippen LogP contribution in [-0.2, 0) is 23.1 Å². The second kappa shape index (κ2) is 10.6. The number of anilines is 2. The minimum absolute atomic E-state index is 0.0115. The van der Waals surface area contributed by atoms with Crippen LogP contribution in [0.1, 0.15) is 5.56 Å². The Morgan fingerprint density at radius 3 is 2.57 bits per heavy atom. The third-order valence-electron chi connectivity index (χ3n) is 5.56. The molecule has 4 rings (SSSR count). The molecule has 3 N–H and O–H groups in total. The van der Waals surface area contributed by atoms with E-state index in [1.807, 2.05) is 66.2 Å². The van der Waals surface area contributed by atoms with Crippen LogP contribution >= 0.6 is 11.8 Å². The van der Waals surface area contributed by atoms with Crippen molar-refractivity contribution in [2.75, 3.05) is 36.6 Å². The van der Waals surface area contributed by atoms with E-state index in [-0.39, 0.29) is 42.9 Å². The van der Waals surface area contributed by atoms with Crippen LogP contribution < -0.4 is 21.9 Å². The lowest BCUT2D eigenvalue weighted by Gasteiger charge is -2.24. The smallest absolute Gasteiger partial charge is 0.330 e. The molecule has 11 heteroatoms. The molecule has 0 aliphatic heterocycles. The van der Waals surface area contributed by atoms with E-state index in [1.165, 1.54) is 28.3 Å². The number of H-pyrrole nitrogens is 1. The number of nitrogens with zero attached hydrogens (tertiary/aromatic N) is 4. The van der Waals surface area contributed by atoms with Crippen molar-refractivity contribution < 1.29 is 9.53 Å². The molecule has 0 aliphatic rings. The minimum Gasteiger partial charge on any atom is -0.383 e. The van der Waals surface area contributed by atoms with E-state index >= 15 is 0 Å². The number of methoxy groups -OCH3 is 1. The predicted octanol–water partition coefficient (Wildman–Crippen LogP) is 1.83. The number of carbonyl (C=O) groups excluding carboxylic acids is 1. The van der Waals surface area contributed by atoms with Crippen molar-refractivity contribution >= 4 is 40.2 Å².